The lowest BCUT2D eigenvalue weighted by Gasteiger charge is -2.29. The first-order chi connectivity index (χ1) is 9.60. The minimum Gasteiger partial charge on any atom is -0.323 e. The van der Waals surface area contributed by atoms with Gasteiger partial charge in [-0.2, -0.15) is 5.26 Å². The van der Waals surface area contributed by atoms with Crippen LogP contribution in [0.5, 0.6) is 0 Å². The van der Waals surface area contributed by atoms with Crippen molar-refractivity contribution >= 4 is 17.5 Å². The van der Waals surface area contributed by atoms with Crippen molar-refractivity contribution in [1.29, 1.82) is 5.26 Å². The number of carbonyl (C=O) groups is 2. The molecule has 1 aliphatic rings. The number of benzene rings is 1. The molecule has 5 nitrogen and oxygen atoms in total. The molecule has 20 heavy (non-hydrogen) atoms. The van der Waals surface area contributed by atoms with E-state index >= 15 is 0 Å². The van der Waals surface area contributed by atoms with Gasteiger partial charge < -0.3 is 10.2 Å². The molecule has 0 bridgehead atoms. The summed E-state index contributed by atoms with van der Waals surface area (Å²) < 4.78 is 0. The van der Waals surface area contributed by atoms with E-state index in [9.17, 15) is 9.59 Å². The molecule has 1 heterocycles. The van der Waals surface area contributed by atoms with Crippen LogP contribution in [0.4, 0.5) is 10.5 Å². The van der Waals surface area contributed by atoms with Crippen molar-refractivity contribution in [2.75, 3.05) is 18.4 Å². The predicted octanol–water partition coefficient (Wildman–Crippen LogP) is 2.66. The first-order valence-corrected chi connectivity index (χ1v) is 6.66. The van der Waals surface area contributed by atoms with Gasteiger partial charge in [-0.25, -0.2) is 4.79 Å². The summed E-state index contributed by atoms with van der Waals surface area (Å²) in [4.78, 5) is 25.1. The second-order valence-corrected chi connectivity index (χ2v) is 4.98. The van der Waals surface area contributed by atoms with E-state index in [4.69, 9.17) is 5.26 Å². The number of hydrogen-bond acceptors (Lipinski definition) is 3. The lowest BCUT2D eigenvalue weighted by Crippen LogP contribution is -2.42. The summed E-state index contributed by atoms with van der Waals surface area (Å²) in [6.45, 7) is 2.62. The van der Waals surface area contributed by atoms with Crippen molar-refractivity contribution in [2.45, 2.75) is 19.8 Å². The number of rotatable bonds is 2. The van der Waals surface area contributed by atoms with Gasteiger partial charge in [0, 0.05) is 24.3 Å². The Balaban J connectivity index is 2.02. The maximum absolute atomic E-state index is 12.1. The molecule has 5 heteroatoms. The van der Waals surface area contributed by atoms with Crippen molar-refractivity contribution in [2.24, 2.45) is 5.92 Å². The molecule has 0 radical (unpaired) electrons. The first kappa shape index (κ1) is 14.1. The number of nitrogens with zero attached hydrogens (tertiary/aromatic N) is 2. The normalized spacial score (nSPS) is 18.2. The third kappa shape index (κ3) is 3.35. The van der Waals surface area contributed by atoms with Crippen LogP contribution in [-0.2, 0) is 0 Å². The zero-order valence-electron chi connectivity index (χ0n) is 11.4. The van der Waals surface area contributed by atoms with E-state index in [1.807, 2.05) is 0 Å². The SMILES string of the molecule is CC(=O)c1cccc(NC(=O)N2CCCC(C#N)C2)c1. The summed E-state index contributed by atoms with van der Waals surface area (Å²) in [5.41, 5.74) is 1.16. The highest BCUT2D eigenvalue weighted by Gasteiger charge is 2.23. The molecular weight excluding hydrogens is 254 g/mol. The highest BCUT2D eigenvalue weighted by Crippen LogP contribution is 2.17. The zero-order chi connectivity index (χ0) is 14.5. The van der Waals surface area contributed by atoms with Gasteiger partial charge in [0.2, 0.25) is 0 Å². The number of carbonyl (C=O) groups excluding carboxylic acids is 2. The summed E-state index contributed by atoms with van der Waals surface area (Å²) in [6.07, 6.45) is 1.69. The van der Waals surface area contributed by atoms with Crippen molar-refractivity contribution < 1.29 is 9.59 Å². The van der Waals surface area contributed by atoms with E-state index in [0.29, 0.717) is 24.3 Å². The van der Waals surface area contributed by atoms with Crippen molar-refractivity contribution in [1.82, 2.24) is 4.90 Å². The van der Waals surface area contributed by atoms with Crippen molar-refractivity contribution in [3.05, 3.63) is 29.8 Å². The third-order valence-corrected chi connectivity index (χ3v) is 3.41. The quantitative estimate of drug-likeness (QED) is 0.840. The maximum Gasteiger partial charge on any atom is 0.321 e. The minimum absolute atomic E-state index is 0.0383. The van der Waals surface area contributed by atoms with Crippen LogP contribution >= 0.6 is 0 Å². The van der Waals surface area contributed by atoms with E-state index in [1.165, 1.54) is 6.92 Å². The molecule has 0 aromatic heterocycles. The van der Waals surface area contributed by atoms with Crippen molar-refractivity contribution in [3.63, 3.8) is 0 Å². The molecule has 1 fully saturated rings. The van der Waals surface area contributed by atoms with Crippen LogP contribution in [0.3, 0.4) is 0 Å². The zero-order valence-corrected chi connectivity index (χ0v) is 11.4. The van der Waals surface area contributed by atoms with E-state index < -0.39 is 0 Å². The van der Waals surface area contributed by atoms with E-state index in [-0.39, 0.29) is 17.7 Å². The van der Waals surface area contributed by atoms with Gasteiger partial charge in [0.05, 0.1) is 12.0 Å². The molecule has 104 valence electrons. The average molecular weight is 271 g/mol. The number of likely N-dealkylation sites (tertiary alicyclic amines) is 1. The second kappa shape index (κ2) is 6.20. The summed E-state index contributed by atoms with van der Waals surface area (Å²) in [6, 6.07) is 8.85. The van der Waals surface area contributed by atoms with Gasteiger partial charge in [-0.3, -0.25) is 4.79 Å². The third-order valence-electron chi connectivity index (χ3n) is 3.41. The van der Waals surface area contributed by atoms with Crippen LogP contribution in [-0.4, -0.2) is 29.8 Å². The number of anilines is 1. The average Bonchev–Trinajstić information content (AvgIpc) is 2.47. The van der Waals surface area contributed by atoms with Crippen LogP contribution in [0, 0.1) is 17.2 Å². The first-order valence-electron chi connectivity index (χ1n) is 6.66. The Labute approximate surface area is 118 Å². The molecule has 2 amide bonds. The second-order valence-electron chi connectivity index (χ2n) is 4.98. The molecule has 1 atom stereocenters. The molecule has 1 aromatic rings. The number of piperidine rings is 1. The number of urea groups is 1. The smallest absolute Gasteiger partial charge is 0.321 e. The van der Waals surface area contributed by atoms with Crippen molar-refractivity contribution in [3.8, 4) is 6.07 Å². The highest BCUT2D eigenvalue weighted by molar-refractivity contribution is 5.96. The standard InChI is InChI=1S/C15H17N3O2/c1-11(19)13-5-2-6-14(8-13)17-15(20)18-7-3-4-12(9-16)10-18/h2,5-6,8,12H,3-4,7,10H2,1H3,(H,17,20). The molecule has 0 spiro atoms. The molecule has 1 aliphatic heterocycles. The van der Waals surface area contributed by atoms with E-state index in [2.05, 4.69) is 11.4 Å². The number of hydrogen-bond donors (Lipinski definition) is 1. The van der Waals surface area contributed by atoms with Crippen LogP contribution < -0.4 is 5.32 Å². The Morgan fingerprint density at radius 2 is 2.25 bits per heavy atom. The lowest BCUT2D eigenvalue weighted by molar-refractivity contribution is 0.101. The molecule has 1 N–H and O–H groups in total. The fraction of sp³-hybridized carbons (Fsp3) is 0.400. The Hall–Kier alpha value is -2.35. The molecule has 0 saturated carbocycles. The van der Waals surface area contributed by atoms with Crippen LogP contribution in [0.25, 0.3) is 0 Å². The number of nitrogens with one attached hydrogen (secondary N) is 1. The van der Waals surface area contributed by atoms with Crippen LogP contribution in [0.1, 0.15) is 30.1 Å². The topological polar surface area (TPSA) is 73.2 Å². The largest absolute Gasteiger partial charge is 0.323 e. The summed E-state index contributed by atoms with van der Waals surface area (Å²) >= 11 is 0. The van der Waals surface area contributed by atoms with Gasteiger partial charge in [-0.1, -0.05) is 12.1 Å². The van der Waals surface area contributed by atoms with Crippen LogP contribution in [0.2, 0.25) is 0 Å². The fourth-order valence-electron chi connectivity index (χ4n) is 2.29. The Morgan fingerprint density at radius 3 is 2.95 bits per heavy atom. The molecule has 0 aliphatic carbocycles. The van der Waals surface area contributed by atoms with Gasteiger partial charge >= 0.3 is 6.03 Å². The number of nitriles is 1. The summed E-state index contributed by atoms with van der Waals surface area (Å²) in [5, 5.41) is 11.7. The Kier molecular flexibility index (Phi) is 4.36. The lowest BCUT2D eigenvalue weighted by atomic mass is 10.0. The van der Waals surface area contributed by atoms with Gasteiger partial charge in [0.25, 0.3) is 0 Å². The summed E-state index contributed by atoms with van der Waals surface area (Å²) in [5.74, 6) is -0.123. The molecule has 1 saturated heterocycles. The Morgan fingerprint density at radius 1 is 1.45 bits per heavy atom. The Bertz CT molecular complexity index is 562. The molecule has 2 rings (SSSR count). The highest BCUT2D eigenvalue weighted by atomic mass is 16.2. The van der Waals surface area contributed by atoms with Crippen LogP contribution in [0.15, 0.2) is 24.3 Å². The molecule has 1 aromatic carbocycles. The number of amides is 2. The van der Waals surface area contributed by atoms with E-state index in [0.717, 1.165) is 12.8 Å². The van der Waals surface area contributed by atoms with Gasteiger partial charge in [0.1, 0.15) is 0 Å². The number of Topliss-reactive ketones (excluding diaryl/α,β-unsaturated/α-hetero) is 1. The van der Waals surface area contributed by atoms with Gasteiger partial charge in [-0.15, -0.1) is 0 Å². The fourth-order valence-corrected chi connectivity index (χ4v) is 2.29. The molecule has 1 unspecified atom stereocenters. The van der Waals surface area contributed by atoms with Gasteiger partial charge in [0.15, 0.2) is 5.78 Å². The van der Waals surface area contributed by atoms with Gasteiger partial charge in [-0.05, 0) is 31.9 Å². The number of ketones is 1. The molecular formula is C15H17N3O2. The monoisotopic (exact) mass is 271 g/mol. The summed E-state index contributed by atoms with van der Waals surface area (Å²) in [7, 11) is 0. The maximum atomic E-state index is 12.1. The minimum atomic E-state index is -0.217. The van der Waals surface area contributed by atoms with E-state index in [1.54, 1.807) is 29.2 Å². The predicted molar refractivity (Wildman–Crippen MR) is 75.4 cm³/mol.